The van der Waals surface area contributed by atoms with Crippen molar-refractivity contribution < 1.29 is 14.8 Å². The normalized spacial score (nSPS) is 10.7. The summed E-state index contributed by atoms with van der Waals surface area (Å²) in [5.41, 5.74) is 3.32. The molecule has 0 aliphatic heterocycles. The molecule has 27 heavy (non-hydrogen) atoms. The Kier molecular flexibility index (Phi) is 5.65. The Hall–Kier alpha value is -3.42. The van der Waals surface area contributed by atoms with E-state index in [1.807, 2.05) is 6.07 Å². The van der Waals surface area contributed by atoms with Gasteiger partial charge in [0.15, 0.2) is 0 Å². The van der Waals surface area contributed by atoms with E-state index in [1.165, 1.54) is 22.3 Å². The van der Waals surface area contributed by atoms with Crippen molar-refractivity contribution in [2.24, 2.45) is 0 Å². The van der Waals surface area contributed by atoms with Crippen molar-refractivity contribution in [1.82, 2.24) is 15.0 Å². The average Bonchev–Trinajstić information content (AvgIpc) is 3.16. The molecule has 0 bridgehead atoms. The average molecular weight is 383 g/mol. The van der Waals surface area contributed by atoms with Crippen LogP contribution in [-0.2, 0) is 4.79 Å². The summed E-state index contributed by atoms with van der Waals surface area (Å²) in [5.74, 6) is -0.395. The molecule has 0 atom stereocenters. The minimum absolute atomic E-state index is 0.148. The second-order valence-corrected chi connectivity index (χ2v) is 5.92. The number of rotatable bonds is 5. The maximum absolute atomic E-state index is 12.4. The maximum atomic E-state index is 12.4. The topological polar surface area (TPSA) is 96.2 Å². The standard InChI is InChI=1S/C19H15ClN4O3/c20-16-10-13(6-7-17(25)23-27)11-21-18(16)22-15-8-9-24(12-15)19(26)14-4-2-1-3-5-14/h1-12,27H,(H,21,22)(H,23,25). The Morgan fingerprint density at radius 3 is 2.67 bits per heavy atom. The van der Waals surface area contributed by atoms with E-state index in [2.05, 4.69) is 10.3 Å². The van der Waals surface area contributed by atoms with Gasteiger partial charge < -0.3 is 5.32 Å². The summed E-state index contributed by atoms with van der Waals surface area (Å²) < 4.78 is 1.47. The summed E-state index contributed by atoms with van der Waals surface area (Å²) in [5, 5.41) is 11.8. The molecule has 0 radical (unpaired) electrons. The van der Waals surface area contributed by atoms with Crippen molar-refractivity contribution in [2.75, 3.05) is 5.32 Å². The molecule has 3 rings (SSSR count). The van der Waals surface area contributed by atoms with Crippen molar-refractivity contribution >= 4 is 41.0 Å². The van der Waals surface area contributed by atoms with Crippen LogP contribution in [0.1, 0.15) is 15.9 Å². The molecule has 0 fully saturated rings. The van der Waals surface area contributed by atoms with Crippen LogP contribution in [0, 0.1) is 0 Å². The number of benzene rings is 1. The van der Waals surface area contributed by atoms with Crippen molar-refractivity contribution in [2.45, 2.75) is 0 Å². The number of nitrogens with zero attached hydrogens (tertiary/aromatic N) is 2. The summed E-state index contributed by atoms with van der Waals surface area (Å²) in [6.07, 6.45) is 7.42. The van der Waals surface area contributed by atoms with Gasteiger partial charge in [0.2, 0.25) is 0 Å². The molecule has 2 heterocycles. The fourth-order valence-electron chi connectivity index (χ4n) is 2.31. The first kappa shape index (κ1) is 18.4. The van der Waals surface area contributed by atoms with Crippen LogP contribution >= 0.6 is 11.6 Å². The molecular formula is C19H15ClN4O3. The Balaban J connectivity index is 1.73. The lowest BCUT2D eigenvalue weighted by atomic mass is 10.2. The third-order valence-corrected chi connectivity index (χ3v) is 3.90. The van der Waals surface area contributed by atoms with Gasteiger partial charge in [-0.25, -0.2) is 10.5 Å². The van der Waals surface area contributed by atoms with Gasteiger partial charge in [0.05, 0.1) is 10.7 Å². The Morgan fingerprint density at radius 2 is 1.96 bits per heavy atom. The molecule has 3 N–H and O–H groups in total. The summed E-state index contributed by atoms with van der Waals surface area (Å²) in [7, 11) is 0. The van der Waals surface area contributed by atoms with Gasteiger partial charge in [-0.05, 0) is 35.9 Å². The van der Waals surface area contributed by atoms with Crippen LogP contribution in [0.2, 0.25) is 5.02 Å². The third kappa shape index (κ3) is 4.60. The van der Waals surface area contributed by atoms with Crippen LogP contribution in [0.3, 0.4) is 0 Å². The van der Waals surface area contributed by atoms with Gasteiger partial charge in [0.25, 0.3) is 11.8 Å². The van der Waals surface area contributed by atoms with Gasteiger partial charge in [-0.15, -0.1) is 0 Å². The Labute approximate surface area is 159 Å². The number of amides is 1. The van der Waals surface area contributed by atoms with Crippen LogP contribution in [0.25, 0.3) is 6.08 Å². The van der Waals surface area contributed by atoms with E-state index in [1.54, 1.807) is 48.8 Å². The number of hydrogen-bond donors (Lipinski definition) is 3. The number of hydrogen-bond acceptors (Lipinski definition) is 5. The smallest absolute Gasteiger partial charge is 0.267 e. The van der Waals surface area contributed by atoms with Gasteiger partial charge in [0, 0.05) is 30.2 Å². The number of anilines is 2. The molecule has 0 aliphatic rings. The number of carbonyl (C=O) groups excluding carboxylic acids is 2. The molecule has 8 heteroatoms. The van der Waals surface area contributed by atoms with E-state index < -0.39 is 5.91 Å². The monoisotopic (exact) mass is 382 g/mol. The zero-order chi connectivity index (χ0) is 19.2. The molecule has 7 nitrogen and oxygen atoms in total. The lowest BCUT2D eigenvalue weighted by Gasteiger charge is -2.06. The number of carbonyl (C=O) groups is 2. The second kappa shape index (κ2) is 8.31. The minimum atomic E-state index is -0.655. The quantitative estimate of drug-likeness (QED) is 0.356. The van der Waals surface area contributed by atoms with Crippen molar-refractivity contribution in [3.8, 4) is 0 Å². The third-order valence-electron chi connectivity index (χ3n) is 3.61. The predicted molar refractivity (Wildman–Crippen MR) is 102 cm³/mol. The highest BCUT2D eigenvalue weighted by molar-refractivity contribution is 6.33. The number of halogens is 1. The molecule has 0 unspecified atom stereocenters. The summed E-state index contributed by atoms with van der Waals surface area (Å²) in [4.78, 5) is 27.6. The maximum Gasteiger partial charge on any atom is 0.267 e. The molecular weight excluding hydrogens is 368 g/mol. The van der Waals surface area contributed by atoms with Crippen LogP contribution in [0.15, 0.2) is 67.1 Å². The van der Waals surface area contributed by atoms with Gasteiger partial charge in [-0.1, -0.05) is 29.8 Å². The highest BCUT2D eigenvalue weighted by Gasteiger charge is 2.10. The molecule has 136 valence electrons. The van der Waals surface area contributed by atoms with E-state index in [-0.39, 0.29) is 5.91 Å². The van der Waals surface area contributed by atoms with Crippen LogP contribution < -0.4 is 10.8 Å². The summed E-state index contributed by atoms with van der Waals surface area (Å²) >= 11 is 6.21. The molecule has 0 spiro atoms. The second-order valence-electron chi connectivity index (χ2n) is 5.51. The van der Waals surface area contributed by atoms with E-state index in [4.69, 9.17) is 16.8 Å². The van der Waals surface area contributed by atoms with Crippen molar-refractivity contribution in [3.05, 3.63) is 83.3 Å². The largest absolute Gasteiger partial charge is 0.338 e. The molecule has 0 saturated carbocycles. The minimum Gasteiger partial charge on any atom is -0.338 e. The molecule has 1 amide bonds. The lowest BCUT2D eigenvalue weighted by molar-refractivity contribution is -0.124. The lowest BCUT2D eigenvalue weighted by Crippen LogP contribution is -2.14. The fraction of sp³-hybridized carbons (Fsp3) is 0. The van der Waals surface area contributed by atoms with Crippen molar-refractivity contribution in [1.29, 1.82) is 0 Å². The van der Waals surface area contributed by atoms with Crippen LogP contribution in [-0.4, -0.2) is 26.6 Å². The highest BCUT2D eigenvalue weighted by Crippen LogP contribution is 2.25. The number of nitrogens with one attached hydrogen (secondary N) is 2. The first-order valence-electron chi connectivity index (χ1n) is 7.89. The predicted octanol–water partition coefficient (Wildman–Crippen LogP) is 3.49. The van der Waals surface area contributed by atoms with Gasteiger partial charge in [-0.2, -0.15) is 0 Å². The van der Waals surface area contributed by atoms with Gasteiger partial charge in [0.1, 0.15) is 5.82 Å². The van der Waals surface area contributed by atoms with E-state index in [0.717, 1.165) is 6.08 Å². The molecule has 1 aromatic carbocycles. The molecule has 3 aromatic rings. The Morgan fingerprint density at radius 1 is 1.19 bits per heavy atom. The van der Waals surface area contributed by atoms with Crippen molar-refractivity contribution in [3.63, 3.8) is 0 Å². The number of pyridine rings is 1. The van der Waals surface area contributed by atoms with Gasteiger partial charge >= 0.3 is 0 Å². The SMILES string of the molecule is O=C(C=Cc1cnc(Nc2ccn(C(=O)c3ccccc3)c2)c(Cl)c1)NO. The van der Waals surface area contributed by atoms with E-state index in [9.17, 15) is 9.59 Å². The fourth-order valence-corrected chi connectivity index (χ4v) is 2.53. The summed E-state index contributed by atoms with van der Waals surface area (Å²) in [6, 6.07) is 12.3. The first-order chi connectivity index (χ1) is 13.1. The Bertz CT molecular complexity index is 999. The molecule has 2 aromatic heterocycles. The summed E-state index contributed by atoms with van der Waals surface area (Å²) in [6.45, 7) is 0. The zero-order valence-corrected chi connectivity index (χ0v) is 14.7. The van der Waals surface area contributed by atoms with Crippen LogP contribution in [0.5, 0.6) is 0 Å². The van der Waals surface area contributed by atoms with E-state index in [0.29, 0.717) is 27.7 Å². The van der Waals surface area contributed by atoms with E-state index >= 15 is 0 Å². The zero-order valence-electron chi connectivity index (χ0n) is 14.0. The molecule has 0 aliphatic carbocycles. The number of hydroxylamine groups is 1. The van der Waals surface area contributed by atoms with Crippen LogP contribution in [0.4, 0.5) is 11.5 Å². The van der Waals surface area contributed by atoms with Gasteiger partial charge in [-0.3, -0.25) is 19.4 Å². The number of aromatic nitrogens is 2. The molecule has 0 saturated heterocycles. The first-order valence-corrected chi connectivity index (χ1v) is 8.27. The highest BCUT2D eigenvalue weighted by atomic mass is 35.5.